The zero-order valence-electron chi connectivity index (χ0n) is 13.6. The Morgan fingerprint density at radius 2 is 2.08 bits per heavy atom. The molecule has 1 aliphatic rings. The Balaban J connectivity index is 1.60. The van der Waals surface area contributed by atoms with Gasteiger partial charge in [0.1, 0.15) is 16.6 Å². The Morgan fingerprint density at radius 1 is 1.25 bits per heavy atom. The zero-order valence-corrected chi connectivity index (χ0v) is 15.2. The Kier molecular flexibility index (Phi) is 4.47. The number of nitrogens with zero attached hydrogens (tertiary/aromatic N) is 3. The molecule has 3 aromatic heterocycles. The van der Waals surface area contributed by atoms with Crippen molar-refractivity contribution in [3.8, 4) is 5.88 Å². The van der Waals surface area contributed by atoms with Gasteiger partial charge in [0.2, 0.25) is 5.88 Å². The molecule has 0 atom stereocenters. The van der Waals surface area contributed by atoms with Crippen molar-refractivity contribution in [3.05, 3.63) is 33.9 Å². The predicted octanol–water partition coefficient (Wildman–Crippen LogP) is 3.70. The molecule has 1 fully saturated rings. The van der Waals surface area contributed by atoms with Crippen LogP contribution < -0.4 is 10.5 Å². The SMILES string of the molecule is Cc1cc(Cc2nc(OC3CCC(N)CC3)c3sccc3n2)sn1. The molecular weight excluding hydrogens is 340 g/mol. The number of aromatic nitrogens is 3. The Morgan fingerprint density at radius 3 is 2.83 bits per heavy atom. The highest BCUT2D eigenvalue weighted by atomic mass is 32.1. The first-order chi connectivity index (χ1) is 11.7. The molecule has 0 bridgehead atoms. The van der Waals surface area contributed by atoms with E-state index in [9.17, 15) is 0 Å². The van der Waals surface area contributed by atoms with Gasteiger partial charge >= 0.3 is 0 Å². The van der Waals surface area contributed by atoms with E-state index in [1.165, 1.54) is 16.4 Å². The summed E-state index contributed by atoms with van der Waals surface area (Å²) in [7, 11) is 0. The number of hydrogen-bond acceptors (Lipinski definition) is 7. The molecule has 24 heavy (non-hydrogen) atoms. The highest BCUT2D eigenvalue weighted by Crippen LogP contribution is 2.31. The van der Waals surface area contributed by atoms with Crippen molar-refractivity contribution in [2.75, 3.05) is 0 Å². The van der Waals surface area contributed by atoms with Crippen LogP contribution in [0.25, 0.3) is 10.2 Å². The molecule has 126 valence electrons. The number of thiophene rings is 1. The number of fused-ring (bicyclic) bond motifs is 1. The maximum Gasteiger partial charge on any atom is 0.235 e. The molecule has 2 N–H and O–H groups in total. The highest BCUT2D eigenvalue weighted by molar-refractivity contribution is 7.17. The summed E-state index contributed by atoms with van der Waals surface area (Å²) in [6.45, 7) is 2.01. The van der Waals surface area contributed by atoms with Crippen molar-refractivity contribution < 1.29 is 4.74 Å². The summed E-state index contributed by atoms with van der Waals surface area (Å²) >= 11 is 3.15. The van der Waals surface area contributed by atoms with Gasteiger partial charge in [-0.25, -0.2) is 4.98 Å². The normalized spacial score (nSPS) is 21.2. The highest BCUT2D eigenvalue weighted by Gasteiger charge is 2.22. The van der Waals surface area contributed by atoms with Crippen LogP contribution in [0.1, 0.15) is 42.1 Å². The lowest BCUT2D eigenvalue weighted by molar-refractivity contribution is 0.143. The minimum Gasteiger partial charge on any atom is -0.473 e. The predicted molar refractivity (Wildman–Crippen MR) is 97.9 cm³/mol. The van der Waals surface area contributed by atoms with Crippen LogP contribution in [0.2, 0.25) is 0 Å². The largest absolute Gasteiger partial charge is 0.473 e. The molecule has 1 saturated carbocycles. The van der Waals surface area contributed by atoms with Crippen LogP contribution in [0.15, 0.2) is 17.5 Å². The molecule has 0 spiro atoms. The summed E-state index contributed by atoms with van der Waals surface area (Å²) in [5.41, 5.74) is 8.00. The molecule has 0 unspecified atom stereocenters. The van der Waals surface area contributed by atoms with Crippen molar-refractivity contribution in [2.24, 2.45) is 5.73 Å². The lowest BCUT2D eigenvalue weighted by atomic mass is 9.94. The molecule has 4 rings (SSSR count). The van der Waals surface area contributed by atoms with E-state index in [1.807, 2.05) is 18.4 Å². The van der Waals surface area contributed by atoms with E-state index >= 15 is 0 Å². The van der Waals surface area contributed by atoms with Gasteiger partial charge < -0.3 is 10.5 Å². The lowest BCUT2D eigenvalue weighted by Crippen LogP contribution is -2.31. The summed E-state index contributed by atoms with van der Waals surface area (Å²) in [5, 5.41) is 2.05. The molecule has 0 aromatic carbocycles. The van der Waals surface area contributed by atoms with Crippen molar-refractivity contribution in [2.45, 2.75) is 51.2 Å². The van der Waals surface area contributed by atoms with Crippen LogP contribution in [-0.2, 0) is 6.42 Å². The summed E-state index contributed by atoms with van der Waals surface area (Å²) in [6.07, 6.45) is 4.96. The minimum absolute atomic E-state index is 0.212. The first-order valence-corrected chi connectivity index (χ1v) is 9.91. The first kappa shape index (κ1) is 15.9. The average Bonchev–Trinajstić information content (AvgIpc) is 3.19. The van der Waals surface area contributed by atoms with Gasteiger partial charge in [-0.15, -0.1) is 11.3 Å². The van der Waals surface area contributed by atoms with E-state index in [1.54, 1.807) is 11.3 Å². The van der Waals surface area contributed by atoms with Crippen LogP contribution in [-0.4, -0.2) is 26.5 Å². The number of rotatable bonds is 4. The maximum atomic E-state index is 6.25. The van der Waals surface area contributed by atoms with Gasteiger partial charge in [-0.3, -0.25) is 0 Å². The summed E-state index contributed by atoms with van der Waals surface area (Å²) in [5.74, 6) is 1.53. The Labute approximate surface area is 149 Å². The van der Waals surface area contributed by atoms with Gasteiger partial charge in [0.15, 0.2) is 0 Å². The summed E-state index contributed by atoms with van der Waals surface area (Å²) in [6, 6.07) is 4.45. The van der Waals surface area contributed by atoms with E-state index in [0.29, 0.717) is 12.5 Å². The van der Waals surface area contributed by atoms with Crippen molar-refractivity contribution >= 4 is 33.1 Å². The number of hydrogen-bond donors (Lipinski definition) is 1. The van der Waals surface area contributed by atoms with E-state index < -0.39 is 0 Å². The lowest BCUT2D eigenvalue weighted by Gasteiger charge is -2.26. The van der Waals surface area contributed by atoms with Crippen LogP contribution >= 0.6 is 22.9 Å². The topological polar surface area (TPSA) is 73.9 Å². The summed E-state index contributed by atoms with van der Waals surface area (Å²) in [4.78, 5) is 10.6. The molecular formula is C17H20N4OS2. The molecule has 3 aromatic rings. The number of ether oxygens (including phenoxy) is 1. The second kappa shape index (κ2) is 6.74. The molecule has 0 saturated heterocycles. The molecule has 7 heteroatoms. The fourth-order valence-corrected chi connectivity index (χ4v) is 4.55. The van der Waals surface area contributed by atoms with Crippen molar-refractivity contribution in [1.82, 2.24) is 14.3 Å². The van der Waals surface area contributed by atoms with E-state index in [4.69, 9.17) is 15.5 Å². The third-order valence-electron chi connectivity index (χ3n) is 4.33. The van der Waals surface area contributed by atoms with E-state index in [-0.39, 0.29) is 6.10 Å². The second-order valence-corrected chi connectivity index (χ2v) is 8.15. The fourth-order valence-electron chi connectivity index (χ4n) is 3.06. The van der Waals surface area contributed by atoms with Gasteiger partial charge in [-0.2, -0.15) is 9.36 Å². The standard InChI is InChI=1S/C17H20N4OS2/c1-10-8-13(24-21-10)9-15-19-14-6-7-23-16(14)17(20-15)22-12-4-2-11(18)3-5-12/h6-8,11-12H,2-5,9,18H2,1H3. The average molecular weight is 361 g/mol. The van der Waals surface area contributed by atoms with Crippen LogP contribution in [0.4, 0.5) is 0 Å². The van der Waals surface area contributed by atoms with Gasteiger partial charge in [0.05, 0.1) is 11.2 Å². The molecule has 0 radical (unpaired) electrons. The second-order valence-electron chi connectivity index (χ2n) is 6.35. The third kappa shape index (κ3) is 3.43. The smallest absolute Gasteiger partial charge is 0.235 e. The Bertz CT molecular complexity index is 836. The maximum absolute atomic E-state index is 6.25. The van der Waals surface area contributed by atoms with Gasteiger partial charge in [-0.1, -0.05) is 0 Å². The summed E-state index contributed by atoms with van der Waals surface area (Å²) < 4.78 is 11.6. The van der Waals surface area contributed by atoms with Crippen LogP contribution in [0.5, 0.6) is 5.88 Å². The van der Waals surface area contributed by atoms with Gasteiger partial charge in [0.25, 0.3) is 0 Å². The van der Waals surface area contributed by atoms with Crippen LogP contribution in [0, 0.1) is 6.92 Å². The van der Waals surface area contributed by atoms with E-state index in [0.717, 1.165) is 53.3 Å². The zero-order chi connectivity index (χ0) is 16.5. The monoisotopic (exact) mass is 360 g/mol. The molecule has 1 aliphatic carbocycles. The van der Waals surface area contributed by atoms with Gasteiger partial charge in [0, 0.05) is 17.3 Å². The number of nitrogens with two attached hydrogens (primary N) is 1. The van der Waals surface area contributed by atoms with Crippen LogP contribution in [0.3, 0.4) is 0 Å². The van der Waals surface area contributed by atoms with E-state index in [2.05, 4.69) is 15.4 Å². The molecule has 3 heterocycles. The minimum atomic E-state index is 0.212. The van der Waals surface area contributed by atoms with Crippen molar-refractivity contribution in [1.29, 1.82) is 0 Å². The molecule has 5 nitrogen and oxygen atoms in total. The third-order valence-corrected chi connectivity index (χ3v) is 6.09. The first-order valence-electron chi connectivity index (χ1n) is 8.26. The molecule has 0 amide bonds. The van der Waals surface area contributed by atoms with Crippen molar-refractivity contribution in [3.63, 3.8) is 0 Å². The van der Waals surface area contributed by atoms with Gasteiger partial charge in [-0.05, 0) is 61.7 Å². The fraction of sp³-hybridized carbons (Fsp3) is 0.471. The quantitative estimate of drug-likeness (QED) is 0.768. The number of aryl methyl sites for hydroxylation is 1. The molecule has 0 aliphatic heterocycles. The Hall–Kier alpha value is -1.57.